The number of anilines is 1. The van der Waals surface area contributed by atoms with Crippen molar-refractivity contribution >= 4 is 52.6 Å². The van der Waals surface area contributed by atoms with Crippen LogP contribution in [0, 0.1) is 0 Å². The van der Waals surface area contributed by atoms with Crippen LogP contribution in [0.4, 0.5) is 9.93 Å². The first kappa shape index (κ1) is 48.8. The number of sulfone groups is 1. The number of benzene rings is 5. The van der Waals surface area contributed by atoms with E-state index in [0.717, 1.165) is 5.56 Å². The van der Waals surface area contributed by atoms with Crippen LogP contribution in [0.25, 0.3) is 32.7 Å². The highest BCUT2D eigenvalue weighted by atomic mass is 32.2. The first-order valence-corrected chi connectivity index (χ1v) is 25.6. The number of rotatable bonds is 16. The van der Waals surface area contributed by atoms with E-state index in [1.54, 1.807) is 101 Å². The molecule has 2 aromatic heterocycles. The largest absolute Gasteiger partial charge is 0.497 e. The fourth-order valence-corrected chi connectivity index (χ4v) is 13.1. The highest BCUT2D eigenvalue weighted by Gasteiger charge is 2.47. The van der Waals surface area contributed by atoms with E-state index in [4.69, 9.17) is 29.8 Å². The Labute approximate surface area is 404 Å². The van der Waals surface area contributed by atoms with Crippen molar-refractivity contribution in [1.29, 1.82) is 0 Å². The molecule has 1 fully saturated rings. The molecule has 1 aliphatic rings. The van der Waals surface area contributed by atoms with Crippen LogP contribution >= 0.6 is 11.3 Å². The lowest BCUT2D eigenvalue weighted by Gasteiger charge is -2.28. The molecule has 21 heteroatoms. The van der Waals surface area contributed by atoms with Gasteiger partial charge in [-0.05, 0) is 103 Å². The monoisotopic (exact) mass is 996 g/mol. The molecule has 8 rings (SSSR count). The molecule has 7 aromatic rings. The van der Waals surface area contributed by atoms with Crippen LogP contribution in [0.2, 0.25) is 0 Å². The highest BCUT2D eigenvalue weighted by molar-refractivity contribution is 7.94. The van der Waals surface area contributed by atoms with Gasteiger partial charge in [0.15, 0.2) is 15.0 Å². The summed E-state index contributed by atoms with van der Waals surface area (Å²) in [6.45, 7) is 3.72. The van der Waals surface area contributed by atoms with E-state index >= 15 is 16.8 Å². The number of methoxy groups -OCH3 is 3. The van der Waals surface area contributed by atoms with Gasteiger partial charge in [-0.2, -0.15) is 9.10 Å². The molecule has 0 bridgehead atoms. The number of aromatic nitrogens is 5. The van der Waals surface area contributed by atoms with Crippen molar-refractivity contribution in [3.8, 4) is 39.8 Å². The standard InChI is InChI=1S/C48H52N8O10S3/c1-48(2,3)66-47(58)55-28-37(24-33(55)29-57)68(59,60)41-23-22-38(39-8-7-9-40-43(39)50-46(49)67-40)42(45-51-53-56(52-45)27-32-14-20-36(65-6)21-15-32)44(41)69(61,62)54(25-30-10-16-34(63-4)17-11-30)26-31-12-18-35(64-5)19-13-31/h7-23,33,37,57H,24-29H2,1-6H3,(H2,49,50)/t33-,37+/m0/s1. The number of amides is 1. The summed E-state index contributed by atoms with van der Waals surface area (Å²) >= 11 is 1.23. The molecule has 0 saturated carbocycles. The third kappa shape index (κ3) is 10.4. The number of sulfonamides is 1. The van der Waals surface area contributed by atoms with Crippen LogP contribution in [0.3, 0.4) is 0 Å². The summed E-state index contributed by atoms with van der Waals surface area (Å²) in [6, 6.07) is 28.1. The smallest absolute Gasteiger partial charge is 0.410 e. The minimum atomic E-state index is -5.00. The van der Waals surface area contributed by atoms with Crippen molar-refractivity contribution in [2.24, 2.45) is 0 Å². The van der Waals surface area contributed by atoms with Gasteiger partial charge in [-0.3, -0.25) is 0 Å². The van der Waals surface area contributed by atoms with Crippen molar-refractivity contribution in [2.75, 3.05) is 40.2 Å². The van der Waals surface area contributed by atoms with Gasteiger partial charge in [0.25, 0.3) is 0 Å². The van der Waals surface area contributed by atoms with Gasteiger partial charge >= 0.3 is 6.09 Å². The predicted molar refractivity (Wildman–Crippen MR) is 260 cm³/mol. The van der Waals surface area contributed by atoms with Gasteiger partial charge in [0, 0.05) is 25.2 Å². The van der Waals surface area contributed by atoms with Crippen LogP contribution in [0.15, 0.2) is 113 Å². The van der Waals surface area contributed by atoms with Crippen molar-refractivity contribution in [2.45, 2.75) is 73.5 Å². The van der Waals surface area contributed by atoms with Crippen LogP contribution in [0.1, 0.15) is 43.9 Å². The van der Waals surface area contributed by atoms with Crippen molar-refractivity contribution < 1.29 is 45.7 Å². The maximum absolute atomic E-state index is 16.3. The summed E-state index contributed by atoms with van der Waals surface area (Å²) in [5.74, 6) is 1.53. The lowest BCUT2D eigenvalue weighted by atomic mass is 9.98. The Morgan fingerprint density at radius 1 is 0.812 bits per heavy atom. The van der Waals surface area contributed by atoms with Crippen molar-refractivity contribution in [1.82, 2.24) is 34.4 Å². The number of nitrogens with zero attached hydrogens (tertiary/aromatic N) is 7. The summed E-state index contributed by atoms with van der Waals surface area (Å²) in [5.41, 5.74) is 8.16. The molecular weight excluding hydrogens is 945 g/mol. The number of nitrogen functional groups attached to an aromatic ring is 1. The van der Waals surface area contributed by atoms with E-state index in [0.29, 0.717) is 44.2 Å². The lowest BCUT2D eigenvalue weighted by Crippen LogP contribution is -2.41. The van der Waals surface area contributed by atoms with Crippen LogP contribution in [-0.4, -0.2) is 114 Å². The number of nitrogens with two attached hydrogens (primary N) is 1. The van der Waals surface area contributed by atoms with E-state index in [1.807, 2.05) is 18.2 Å². The number of thiazole rings is 1. The number of hydrogen-bond acceptors (Lipinski definition) is 16. The first-order valence-electron chi connectivity index (χ1n) is 21.8. The molecule has 3 heterocycles. The first-order chi connectivity index (χ1) is 32.9. The maximum Gasteiger partial charge on any atom is 0.410 e. The Balaban J connectivity index is 1.39. The second-order valence-electron chi connectivity index (χ2n) is 17.4. The van der Waals surface area contributed by atoms with E-state index in [1.165, 1.54) is 51.7 Å². The number of hydrogen-bond donors (Lipinski definition) is 2. The third-order valence-electron chi connectivity index (χ3n) is 11.6. The molecule has 69 heavy (non-hydrogen) atoms. The Morgan fingerprint density at radius 3 is 1.94 bits per heavy atom. The molecule has 362 valence electrons. The lowest BCUT2D eigenvalue weighted by molar-refractivity contribution is 0.0176. The topological polar surface area (TPSA) is 231 Å². The second-order valence-corrected chi connectivity index (χ2v) is 22.5. The quantitative estimate of drug-likeness (QED) is 0.101. The molecule has 0 aliphatic carbocycles. The van der Waals surface area contributed by atoms with E-state index in [2.05, 4.69) is 15.3 Å². The zero-order valence-corrected chi connectivity index (χ0v) is 41.2. The number of fused-ring (bicyclic) bond motifs is 1. The van der Waals surface area contributed by atoms with Gasteiger partial charge in [0.05, 0.1) is 66.4 Å². The van der Waals surface area contributed by atoms with Gasteiger partial charge in [-0.15, -0.1) is 10.2 Å². The summed E-state index contributed by atoms with van der Waals surface area (Å²) in [7, 11) is -5.14. The molecular formula is C48H52N8O10S3. The number of likely N-dealkylation sites (tertiary alicyclic amines) is 1. The van der Waals surface area contributed by atoms with Crippen LogP contribution in [0.5, 0.6) is 17.2 Å². The molecule has 0 unspecified atom stereocenters. The van der Waals surface area contributed by atoms with Gasteiger partial charge < -0.3 is 34.7 Å². The normalized spacial score (nSPS) is 15.4. The van der Waals surface area contributed by atoms with Crippen LogP contribution in [-0.2, 0) is 44.2 Å². The summed E-state index contributed by atoms with van der Waals surface area (Å²) in [6.07, 6.45) is -1.04. The Hall–Kier alpha value is -6.65. The molecule has 1 amide bonds. The predicted octanol–water partition coefficient (Wildman–Crippen LogP) is 6.81. The number of aliphatic hydroxyl groups is 1. The summed E-state index contributed by atoms with van der Waals surface area (Å²) in [4.78, 5) is 19.4. The molecule has 1 aliphatic heterocycles. The minimum absolute atomic E-state index is 0.108. The molecule has 3 N–H and O–H groups in total. The van der Waals surface area contributed by atoms with E-state index in [-0.39, 0.29) is 48.1 Å². The highest BCUT2D eigenvalue weighted by Crippen LogP contribution is 2.45. The van der Waals surface area contributed by atoms with Crippen molar-refractivity contribution in [3.63, 3.8) is 0 Å². The Bertz CT molecular complexity index is 3140. The zero-order chi connectivity index (χ0) is 49.3. The fourth-order valence-electron chi connectivity index (χ4n) is 8.20. The van der Waals surface area contributed by atoms with Gasteiger partial charge in [0.2, 0.25) is 15.8 Å². The summed E-state index contributed by atoms with van der Waals surface area (Å²) in [5, 5.41) is 23.0. The second kappa shape index (κ2) is 19.8. The maximum atomic E-state index is 16.3. The van der Waals surface area contributed by atoms with Crippen molar-refractivity contribution in [3.05, 3.63) is 120 Å². The van der Waals surface area contributed by atoms with Gasteiger partial charge in [-0.1, -0.05) is 65.9 Å². The average molecular weight is 997 g/mol. The SMILES string of the molecule is COc1ccc(CN(Cc2ccc(OC)cc2)S(=O)(=O)c2c(S(=O)(=O)[C@@H]3C[C@@H](CO)N(C(=O)OC(C)(C)C)C3)ccc(-c3cccc4sc(N)nc34)c2-c2nnn(Cc3ccc(OC)cc3)n2)cc1. The molecule has 0 spiro atoms. The average Bonchev–Trinajstić information content (AvgIpc) is 4.09. The molecule has 5 aromatic carbocycles. The Morgan fingerprint density at radius 2 is 1.39 bits per heavy atom. The van der Waals surface area contributed by atoms with E-state index in [9.17, 15) is 9.90 Å². The number of carbonyl (C=O) groups is 1. The number of ether oxygens (including phenoxy) is 4. The number of carbonyl (C=O) groups excluding carboxylic acids is 1. The van der Waals surface area contributed by atoms with Gasteiger partial charge in [0.1, 0.15) is 27.7 Å². The number of tetrazole rings is 1. The van der Waals surface area contributed by atoms with Crippen LogP contribution < -0.4 is 19.9 Å². The number of aliphatic hydroxyl groups excluding tert-OH is 1. The summed E-state index contributed by atoms with van der Waals surface area (Å²) < 4.78 is 87.3. The third-order valence-corrected chi connectivity index (χ3v) is 16.6. The number of para-hydroxylation sites is 1. The minimum Gasteiger partial charge on any atom is -0.497 e. The molecule has 18 nitrogen and oxygen atoms in total. The zero-order valence-electron chi connectivity index (χ0n) is 38.8. The molecule has 0 radical (unpaired) electrons. The Kier molecular flexibility index (Phi) is 14.0. The fraction of sp³-hybridized carbons (Fsp3) is 0.312. The van der Waals surface area contributed by atoms with E-state index < -0.39 is 65.8 Å². The molecule has 1 saturated heterocycles. The van der Waals surface area contributed by atoms with Gasteiger partial charge in [-0.25, -0.2) is 26.6 Å². The molecule has 2 atom stereocenters.